The van der Waals surface area contributed by atoms with Crippen molar-refractivity contribution in [3.8, 4) is 34.3 Å². The first-order valence-corrected chi connectivity index (χ1v) is 9.15. The molecule has 2 N–H and O–H groups in total. The number of aromatic amines is 1. The molecule has 0 radical (unpaired) electrons. The predicted octanol–water partition coefficient (Wildman–Crippen LogP) is 3.64. The fourth-order valence-electron chi connectivity index (χ4n) is 3.18. The highest BCUT2D eigenvalue weighted by molar-refractivity contribution is 6.07. The second kappa shape index (κ2) is 7.75. The van der Waals surface area contributed by atoms with E-state index in [1.807, 2.05) is 19.1 Å². The fraction of sp³-hybridized carbons (Fsp3) is 0.238. The zero-order chi connectivity index (χ0) is 20.4. The number of H-pyrrole nitrogens is 1. The maximum absolute atomic E-state index is 12.9. The number of fused-ring (bicyclic) bond motifs is 1. The molecule has 1 aliphatic heterocycles. The molecule has 29 heavy (non-hydrogen) atoms. The summed E-state index contributed by atoms with van der Waals surface area (Å²) in [6.07, 6.45) is 0.669. The Morgan fingerprint density at radius 3 is 2.72 bits per heavy atom. The van der Waals surface area contributed by atoms with Crippen LogP contribution in [0.5, 0.6) is 23.0 Å². The first kappa shape index (κ1) is 18.7. The first-order chi connectivity index (χ1) is 14.1. The summed E-state index contributed by atoms with van der Waals surface area (Å²) in [4.78, 5) is 12.9. The van der Waals surface area contributed by atoms with Gasteiger partial charge in [0.05, 0.1) is 25.6 Å². The molecule has 4 rings (SSSR count). The van der Waals surface area contributed by atoms with Crippen LogP contribution in [0.1, 0.15) is 23.0 Å². The molecule has 0 saturated carbocycles. The van der Waals surface area contributed by atoms with Gasteiger partial charge in [-0.1, -0.05) is 6.92 Å². The number of aromatic nitrogens is 2. The highest BCUT2D eigenvalue weighted by Gasteiger charge is 2.22. The van der Waals surface area contributed by atoms with Gasteiger partial charge in [-0.2, -0.15) is 5.10 Å². The number of anilines is 1. The number of nitrogens with zero attached hydrogens (tertiary/aromatic N) is 1. The van der Waals surface area contributed by atoms with E-state index in [9.17, 15) is 4.79 Å². The molecular formula is C21H21N3O5. The highest BCUT2D eigenvalue weighted by Crippen LogP contribution is 2.38. The van der Waals surface area contributed by atoms with Crippen molar-refractivity contribution in [2.45, 2.75) is 13.3 Å². The van der Waals surface area contributed by atoms with Gasteiger partial charge in [-0.05, 0) is 36.8 Å². The molecule has 8 nitrogen and oxygen atoms in total. The number of hydrogen-bond acceptors (Lipinski definition) is 6. The summed E-state index contributed by atoms with van der Waals surface area (Å²) in [7, 11) is 3.17. The minimum absolute atomic E-state index is 0.156. The van der Waals surface area contributed by atoms with Crippen molar-refractivity contribution in [2.75, 3.05) is 26.3 Å². The van der Waals surface area contributed by atoms with Crippen LogP contribution in [-0.2, 0) is 6.42 Å². The fourth-order valence-corrected chi connectivity index (χ4v) is 3.18. The van der Waals surface area contributed by atoms with Crippen molar-refractivity contribution in [3.05, 3.63) is 47.7 Å². The Labute approximate surface area is 167 Å². The summed E-state index contributed by atoms with van der Waals surface area (Å²) in [5.41, 5.74) is 3.22. The van der Waals surface area contributed by atoms with Crippen LogP contribution >= 0.6 is 0 Å². The van der Waals surface area contributed by atoms with E-state index in [0.717, 1.165) is 11.3 Å². The third kappa shape index (κ3) is 3.44. The quantitative estimate of drug-likeness (QED) is 0.662. The van der Waals surface area contributed by atoms with Gasteiger partial charge >= 0.3 is 0 Å². The smallest absolute Gasteiger partial charge is 0.255 e. The van der Waals surface area contributed by atoms with Gasteiger partial charge in [-0.25, -0.2) is 0 Å². The number of carbonyl (C=O) groups excluding carboxylic acids is 1. The minimum Gasteiger partial charge on any atom is -0.497 e. The summed E-state index contributed by atoms with van der Waals surface area (Å²) in [6.45, 7) is 2.14. The summed E-state index contributed by atoms with van der Waals surface area (Å²) in [5.74, 6) is 2.17. The van der Waals surface area contributed by atoms with E-state index in [1.54, 1.807) is 38.5 Å². The highest BCUT2D eigenvalue weighted by atomic mass is 16.7. The molecular weight excluding hydrogens is 374 g/mol. The average Bonchev–Trinajstić information content (AvgIpc) is 3.39. The third-order valence-corrected chi connectivity index (χ3v) is 4.73. The summed E-state index contributed by atoms with van der Waals surface area (Å²) in [6, 6.07) is 10.5. The van der Waals surface area contributed by atoms with Crippen molar-refractivity contribution in [1.29, 1.82) is 0 Å². The van der Waals surface area contributed by atoms with Crippen molar-refractivity contribution in [2.24, 2.45) is 0 Å². The molecule has 1 aliphatic rings. The van der Waals surface area contributed by atoms with Gasteiger partial charge in [0, 0.05) is 17.2 Å². The van der Waals surface area contributed by atoms with E-state index in [2.05, 4.69) is 15.5 Å². The van der Waals surface area contributed by atoms with E-state index >= 15 is 0 Å². The number of ether oxygens (including phenoxy) is 4. The van der Waals surface area contributed by atoms with Crippen molar-refractivity contribution in [1.82, 2.24) is 10.2 Å². The Hall–Kier alpha value is -3.68. The molecule has 8 heteroatoms. The normalized spacial score (nSPS) is 12.0. The Kier molecular flexibility index (Phi) is 4.99. The molecule has 0 bridgehead atoms. The lowest BCUT2D eigenvalue weighted by molar-refractivity contribution is 0.102. The zero-order valence-corrected chi connectivity index (χ0v) is 16.4. The van der Waals surface area contributed by atoms with Crippen LogP contribution in [0, 0.1) is 0 Å². The zero-order valence-electron chi connectivity index (χ0n) is 16.4. The molecule has 0 saturated heterocycles. The lowest BCUT2D eigenvalue weighted by atomic mass is 10.1. The van der Waals surface area contributed by atoms with Crippen molar-refractivity contribution in [3.63, 3.8) is 0 Å². The van der Waals surface area contributed by atoms with Gasteiger partial charge < -0.3 is 24.3 Å². The molecule has 2 aromatic carbocycles. The summed E-state index contributed by atoms with van der Waals surface area (Å²) >= 11 is 0. The Morgan fingerprint density at radius 2 is 1.97 bits per heavy atom. The number of benzene rings is 2. The minimum atomic E-state index is -0.270. The van der Waals surface area contributed by atoms with Gasteiger partial charge in [0.2, 0.25) is 6.79 Å². The molecule has 0 spiro atoms. The number of nitrogens with one attached hydrogen (secondary N) is 2. The van der Waals surface area contributed by atoms with Crippen LogP contribution in [0.4, 0.5) is 5.69 Å². The molecule has 1 aromatic heterocycles. The lowest BCUT2D eigenvalue weighted by Crippen LogP contribution is -2.13. The van der Waals surface area contributed by atoms with Gasteiger partial charge in [-0.15, -0.1) is 0 Å². The van der Waals surface area contributed by atoms with Gasteiger partial charge in [-0.3, -0.25) is 9.89 Å². The van der Waals surface area contributed by atoms with Crippen molar-refractivity contribution >= 4 is 11.6 Å². The van der Waals surface area contributed by atoms with Crippen LogP contribution in [0.2, 0.25) is 0 Å². The average molecular weight is 395 g/mol. The van der Waals surface area contributed by atoms with E-state index in [1.165, 1.54) is 0 Å². The Morgan fingerprint density at radius 1 is 1.14 bits per heavy atom. The van der Waals surface area contributed by atoms with Crippen LogP contribution in [0.25, 0.3) is 11.3 Å². The molecule has 0 aliphatic carbocycles. The standard InChI is InChI=1S/C21H21N3O5/c1-4-15-20(22-21(25)12-5-8-16-18(9-12)29-11-28-16)19(24-23-15)14-7-6-13(26-2)10-17(14)27-3/h5-10H,4,11H2,1-3H3,(H,22,25)(H,23,24). The Bertz CT molecular complexity index is 1060. The molecule has 2 heterocycles. The molecule has 0 atom stereocenters. The third-order valence-electron chi connectivity index (χ3n) is 4.73. The number of amides is 1. The second-order valence-corrected chi connectivity index (χ2v) is 6.37. The lowest BCUT2D eigenvalue weighted by Gasteiger charge is -2.12. The molecule has 0 fully saturated rings. The van der Waals surface area contributed by atoms with Crippen LogP contribution < -0.4 is 24.3 Å². The summed E-state index contributed by atoms with van der Waals surface area (Å²) in [5, 5.41) is 10.4. The van der Waals surface area contributed by atoms with Crippen LogP contribution in [0.3, 0.4) is 0 Å². The maximum atomic E-state index is 12.9. The Balaban J connectivity index is 1.70. The van der Waals surface area contributed by atoms with Gasteiger partial charge in [0.25, 0.3) is 5.91 Å². The SMILES string of the molecule is CCc1[nH]nc(-c2ccc(OC)cc2OC)c1NC(=O)c1ccc2c(c1)OCO2. The van der Waals surface area contributed by atoms with E-state index in [0.29, 0.717) is 46.4 Å². The monoisotopic (exact) mass is 395 g/mol. The van der Waals surface area contributed by atoms with Crippen LogP contribution in [0.15, 0.2) is 36.4 Å². The molecule has 1 amide bonds. The van der Waals surface area contributed by atoms with E-state index < -0.39 is 0 Å². The number of aryl methyl sites for hydroxylation is 1. The van der Waals surface area contributed by atoms with Gasteiger partial charge in [0.15, 0.2) is 11.5 Å². The molecule has 0 unspecified atom stereocenters. The largest absolute Gasteiger partial charge is 0.497 e. The van der Waals surface area contributed by atoms with E-state index in [-0.39, 0.29) is 12.7 Å². The number of carbonyl (C=O) groups is 1. The van der Waals surface area contributed by atoms with Crippen LogP contribution in [-0.4, -0.2) is 37.1 Å². The van der Waals surface area contributed by atoms with Gasteiger partial charge in [0.1, 0.15) is 17.2 Å². The van der Waals surface area contributed by atoms with E-state index in [4.69, 9.17) is 18.9 Å². The summed E-state index contributed by atoms with van der Waals surface area (Å²) < 4.78 is 21.4. The molecule has 150 valence electrons. The first-order valence-electron chi connectivity index (χ1n) is 9.15. The van der Waals surface area contributed by atoms with Crippen molar-refractivity contribution < 1.29 is 23.7 Å². The number of methoxy groups -OCH3 is 2. The second-order valence-electron chi connectivity index (χ2n) is 6.37. The molecule has 3 aromatic rings. The maximum Gasteiger partial charge on any atom is 0.255 e. The number of rotatable bonds is 6. The predicted molar refractivity (Wildman–Crippen MR) is 107 cm³/mol. The topological polar surface area (TPSA) is 94.7 Å². The number of hydrogen-bond donors (Lipinski definition) is 2.